The van der Waals surface area contributed by atoms with E-state index in [1.165, 1.54) is 19.5 Å². The van der Waals surface area contributed by atoms with Crippen LogP contribution in [-0.4, -0.2) is 56.1 Å². The zero-order valence-corrected chi connectivity index (χ0v) is 8.89. The average Bonchev–Trinajstić information content (AvgIpc) is 2.38. The molecule has 0 unspecified atom stereocenters. The van der Waals surface area contributed by atoms with Crippen LogP contribution in [0.3, 0.4) is 0 Å². The van der Waals surface area contributed by atoms with Crippen molar-refractivity contribution in [2.75, 3.05) is 46.3 Å². The number of azide groups is 1. The third-order valence-electron chi connectivity index (χ3n) is 2.61. The van der Waals surface area contributed by atoms with Gasteiger partial charge < -0.3 is 9.80 Å². The Morgan fingerprint density at radius 1 is 1.29 bits per heavy atom. The summed E-state index contributed by atoms with van der Waals surface area (Å²) in [7, 11) is 2.17. The van der Waals surface area contributed by atoms with Crippen LogP contribution in [-0.2, 0) is 0 Å². The van der Waals surface area contributed by atoms with Crippen molar-refractivity contribution in [3.8, 4) is 0 Å². The second-order valence-corrected chi connectivity index (χ2v) is 3.81. The Morgan fingerprint density at radius 3 is 2.93 bits per heavy atom. The van der Waals surface area contributed by atoms with Gasteiger partial charge in [0.1, 0.15) is 0 Å². The number of hydrogen-bond acceptors (Lipinski definition) is 3. The van der Waals surface area contributed by atoms with Crippen molar-refractivity contribution < 1.29 is 0 Å². The van der Waals surface area contributed by atoms with Crippen LogP contribution in [0.1, 0.15) is 12.8 Å². The lowest BCUT2D eigenvalue weighted by Gasteiger charge is -2.19. The van der Waals surface area contributed by atoms with Gasteiger partial charge in [-0.1, -0.05) is 5.11 Å². The van der Waals surface area contributed by atoms with Gasteiger partial charge in [0.15, 0.2) is 0 Å². The Hall–Kier alpha value is -0.770. The third kappa shape index (κ3) is 4.46. The van der Waals surface area contributed by atoms with E-state index < -0.39 is 0 Å². The first-order valence-electron chi connectivity index (χ1n) is 5.24. The molecule has 0 aromatic heterocycles. The van der Waals surface area contributed by atoms with Crippen molar-refractivity contribution in [3.63, 3.8) is 0 Å². The van der Waals surface area contributed by atoms with Crippen molar-refractivity contribution in [1.29, 1.82) is 0 Å². The molecule has 0 aromatic carbocycles. The van der Waals surface area contributed by atoms with Gasteiger partial charge in [-0.05, 0) is 45.1 Å². The molecule has 0 saturated carbocycles. The molecular weight excluding hydrogens is 178 g/mol. The fourth-order valence-electron chi connectivity index (χ4n) is 1.73. The minimum absolute atomic E-state index is 0.628. The molecule has 0 bridgehead atoms. The number of likely N-dealkylation sites (N-methyl/N-ethyl adjacent to an activating group) is 1. The second-order valence-electron chi connectivity index (χ2n) is 3.81. The van der Waals surface area contributed by atoms with Gasteiger partial charge in [0.25, 0.3) is 0 Å². The second kappa shape index (κ2) is 6.65. The van der Waals surface area contributed by atoms with Crippen LogP contribution in [0, 0.1) is 0 Å². The Bertz CT molecular complexity index is 199. The molecule has 0 amide bonds. The first-order valence-corrected chi connectivity index (χ1v) is 5.24. The lowest BCUT2D eigenvalue weighted by atomic mass is 10.3. The summed E-state index contributed by atoms with van der Waals surface area (Å²) in [6.45, 7) is 6.37. The van der Waals surface area contributed by atoms with Crippen molar-refractivity contribution in [1.82, 2.24) is 9.80 Å². The Balaban J connectivity index is 2.13. The summed E-state index contributed by atoms with van der Waals surface area (Å²) in [6.07, 6.45) is 2.23. The molecule has 0 radical (unpaired) electrons. The van der Waals surface area contributed by atoms with Crippen molar-refractivity contribution in [2.45, 2.75) is 12.8 Å². The summed E-state index contributed by atoms with van der Waals surface area (Å²) in [5.41, 5.74) is 8.12. The van der Waals surface area contributed by atoms with Crippen LogP contribution >= 0.6 is 0 Å². The van der Waals surface area contributed by atoms with Gasteiger partial charge in [-0.25, -0.2) is 0 Å². The maximum absolute atomic E-state index is 8.12. The van der Waals surface area contributed by atoms with E-state index in [4.69, 9.17) is 5.53 Å². The van der Waals surface area contributed by atoms with Gasteiger partial charge >= 0.3 is 0 Å². The molecule has 0 atom stereocenters. The predicted molar refractivity (Wildman–Crippen MR) is 57.2 cm³/mol. The zero-order valence-electron chi connectivity index (χ0n) is 8.89. The molecule has 1 aliphatic rings. The van der Waals surface area contributed by atoms with Crippen LogP contribution in [0.25, 0.3) is 10.4 Å². The molecule has 0 spiro atoms. The molecular formula is C9H19N5. The lowest BCUT2D eigenvalue weighted by Crippen LogP contribution is -2.30. The summed E-state index contributed by atoms with van der Waals surface area (Å²) in [4.78, 5) is 7.57. The predicted octanol–water partition coefficient (Wildman–Crippen LogP) is 1.32. The third-order valence-corrected chi connectivity index (χ3v) is 2.61. The molecule has 1 saturated heterocycles. The lowest BCUT2D eigenvalue weighted by molar-refractivity contribution is 0.275. The van der Waals surface area contributed by atoms with Crippen LogP contribution < -0.4 is 0 Å². The van der Waals surface area contributed by atoms with E-state index in [0.717, 1.165) is 26.1 Å². The van der Waals surface area contributed by atoms with E-state index in [1.54, 1.807) is 0 Å². The van der Waals surface area contributed by atoms with Crippen molar-refractivity contribution in [3.05, 3.63) is 10.4 Å². The highest BCUT2D eigenvalue weighted by Gasteiger charge is 2.10. The summed E-state index contributed by atoms with van der Waals surface area (Å²) >= 11 is 0. The Morgan fingerprint density at radius 2 is 2.14 bits per heavy atom. The van der Waals surface area contributed by atoms with Crippen LogP contribution in [0.2, 0.25) is 0 Å². The molecule has 0 aliphatic carbocycles. The summed E-state index contributed by atoms with van der Waals surface area (Å²) in [6, 6.07) is 0. The van der Waals surface area contributed by atoms with Crippen molar-refractivity contribution in [2.24, 2.45) is 5.11 Å². The molecule has 0 aromatic rings. The molecule has 1 heterocycles. The number of hydrogen-bond donors (Lipinski definition) is 0. The minimum Gasteiger partial charge on any atom is -0.305 e. The van der Waals surface area contributed by atoms with Crippen LogP contribution in [0.4, 0.5) is 0 Å². The average molecular weight is 197 g/mol. The first kappa shape index (κ1) is 11.3. The standard InChI is InChI=1S/C9H19N5/c1-13-5-3-7-14(9-8-13)6-2-4-11-12-10/h2-9H2,1H3. The molecule has 1 fully saturated rings. The van der Waals surface area contributed by atoms with E-state index in [2.05, 4.69) is 26.9 Å². The normalized spacial score (nSPS) is 20.1. The number of rotatable bonds is 4. The summed E-state index contributed by atoms with van der Waals surface area (Å²) in [5.74, 6) is 0. The molecule has 5 heteroatoms. The van der Waals surface area contributed by atoms with Gasteiger partial charge in [0.05, 0.1) is 0 Å². The van der Waals surface area contributed by atoms with Gasteiger partial charge in [0, 0.05) is 24.5 Å². The molecule has 0 N–H and O–H groups in total. The topological polar surface area (TPSA) is 55.2 Å². The maximum atomic E-state index is 8.12. The van der Waals surface area contributed by atoms with Gasteiger partial charge in [0.2, 0.25) is 0 Å². The maximum Gasteiger partial charge on any atom is 0.0270 e. The smallest absolute Gasteiger partial charge is 0.0270 e. The summed E-state index contributed by atoms with van der Waals surface area (Å²) < 4.78 is 0. The molecule has 80 valence electrons. The highest BCUT2D eigenvalue weighted by Crippen LogP contribution is 2.01. The van der Waals surface area contributed by atoms with Gasteiger partial charge in [-0.15, -0.1) is 0 Å². The van der Waals surface area contributed by atoms with Crippen LogP contribution in [0.5, 0.6) is 0 Å². The minimum atomic E-state index is 0.628. The zero-order chi connectivity index (χ0) is 10.2. The molecule has 1 rings (SSSR count). The highest BCUT2D eigenvalue weighted by atomic mass is 15.2. The Labute approximate surface area is 85.3 Å². The summed E-state index contributed by atoms with van der Waals surface area (Å²) in [5, 5.41) is 3.54. The quantitative estimate of drug-likeness (QED) is 0.295. The van der Waals surface area contributed by atoms with E-state index in [1.807, 2.05) is 0 Å². The highest BCUT2D eigenvalue weighted by molar-refractivity contribution is 4.67. The van der Waals surface area contributed by atoms with E-state index in [0.29, 0.717) is 6.54 Å². The van der Waals surface area contributed by atoms with Gasteiger partial charge in [-0.3, -0.25) is 0 Å². The van der Waals surface area contributed by atoms with Crippen molar-refractivity contribution >= 4 is 0 Å². The van der Waals surface area contributed by atoms with E-state index in [9.17, 15) is 0 Å². The fourth-order valence-corrected chi connectivity index (χ4v) is 1.73. The SMILES string of the molecule is CN1CCCN(CCCN=[N+]=[N-])CC1. The fraction of sp³-hybridized carbons (Fsp3) is 1.00. The van der Waals surface area contributed by atoms with Gasteiger partial charge in [-0.2, -0.15) is 0 Å². The van der Waals surface area contributed by atoms with E-state index in [-0.39, 0.29) is 0 Å². The number of nitrogens with zero attached hydrogens (tertiary/aromatic N) is 5. The molecule has 14 heavy (non-hydrogen) atoms. The van der Waals surface area contributed by atoms with Crippen LogP contribution in [0.15, 0.2) is 5.11 Å². The monoisotopic (exact) mass is 197 g/mol. The van der Waals surface area contributed by atoms with E-state index >= 15 is 0 Å². The largest absolute Gasteiger partial charge is 0.305 e. The molecule has 5 nitrogen and oxygen atoms in total. The molecule has 1 aliphatic heterocycles. The first-order chi connectivity index (χ1) is 6.83. The Kier molecular flexibility index (Phi) is 5.37.